The molecule has 1 heterocycles. The molecule has 1 fully saturated rings. The van der Waals surface area contributed by atoms with Gasteiger partial charge in [-0.25, -0.2) is 4.39 Å². The average molecular weight is 315 g/mol. The van der Waals surface area contributed by atoms with Crippen LogP contribution in [0.1, 0.15) is 5.56 Å². The van der Waals surface area contributed by atoms with Crippen LogP contribution >= 0.6 is 0 Å². The molecule has 0 spiro atoms. The van der Waals surface area contributed by atoms with E-state index in [0.717, 1.165) is 38.5 Å². The number of halogens is 1. The lowest BCUT2D eigenvalue weighted by Crippen LogP contribution is -2.46. The predicted molar refractivity (Wildman–Crippen MR) is 91.3 cm³/mol. The number of benzene rings is 2. The minimum absolute atomic E-state index is 0.242. The number of nitrogens with two attached hydrogens (primary N) is 1. The summed E-state index contributed by atoms with van der Waals surface area (Å²) in [5, 5.41) is 0. The first kappa shape index (κ1) is 15.6. The van der Waals surface area contributed by atoms with Gasteiger partial charge >= 0.3 is 0 Å². The van der Waals surface area contributed by atoms with Crippen LogP contribution in [0.15, 0.2) is 42.5 Å². The standard InChI is InChI=1S/C18H22FN3O/c1-23-16-5-2-14(3-6-16)13-21-8-10-22(11-9-21)18-7-4-15(20)12-17(18)19/h2-7,12H,8-11,13,20H2,1H3. The Morgan fingerprint density at radius 2 is 1.74 bits per heavy atom. The number of piperazine rings is 1. The molecule has 23 heavy (non-hydrogen) atoms. The molecule has 0 bridgehead atoms. The molecule has 122 valence electrons. The number of ether oxygens (including phenoxy) is 1. The Labute approximate surface area is 136 Å². The maximum atomic E-state index is 14.0. The fraction of sp³-hybridized carbons (Fsp3) is 0.333. The second kappa shape index (κ2) is 6.87. The molecule has 0 amide bonds. The molecule has 5 heteroatoms. The second-order valence-corrected chi connectivity index (χ2v) is 5.82. The first-order valence-corrected chi connectivity index (χ1v) is 7.81. The van der Waals surface area contributed by atoms with Crippen molar-refractivity contribution in [3.63, 3.8) is 0 Å². The number of anilines is 2. The molecular formula is C18H22FN3O. The molecule has 0 radical (unpaired) electrons. The monoisotopic (exact) mass is 315 g/mol. The van der Waals surface area contributed by atoms with E-state index in [1.54, 1.807) is 19.2 Å². The number of hydrogen-bond acceptors (Lipinski definition) is 4. The van der Waals surface area contributed by atoms with Gasteiger partial charge in [-0.05, 0) is 35.9 Å². The van der Waals surface area contributed by atoms with Crippen molar-refractivity contribution in [2.45, 2.75) is 6.54 Å². The van der Waals surface area contributed by atoms with Gasteiger partial charge in [0.1, 0.15) is 11.6 Å². The van der Waals surface area contributed by atoms with E-state index in [1.165, 1.54) is 11.6 Å². The predicted octanol–water partition coefficient (Wildman–Crippen LogP) is 2.74. The molecule has 0 atom stereocenters. The van der Waals surface area contributed by atoms with Gasteiger partial charge in [0.05, 0.1) is 12.8 Å². The molecule has 1 saturated heterocycles. The van der Waals surface area contributed by atoms with Crippen LogP contribution < -0.4 is 15.4 Å². The lowest BCUT2D eigenvalue weighted by Gasteiger charge is -2.36. The maximum Gasteiger partial charge on any atom is 0.148 e. The fourth-order valence-corrected chi connectivity index (χ4v) is 2.92. The smallest absolute Gasteiger partial charge is 0.148 e. The van der Waals surface area contributed by atoms with Gasteiger partial charge in [-0.2, -0.15) is 0 Å². The van der Waals surface area contributed by atoms with Crippen molar-refractivity contribution in [3.8, 4) is 5.75 Å². The summed E-state index contributed by atoms with van der Waals surface area (Å²) in [7, 11) is 1.67. The molecule has 0 aromatic heterocycles. The largest absolute Gasteiger partial charge is 0.497 e. The van der Waals surface area contributed by atoms with E-state index < -0.39 is 0 Å². The second-order valence-electron chi connectivity index (χ2n) is 5.82. The van der Waals surface area contributed by atoms with Crippen molar-refractivity contribution in [1.82, 2.24) is 4.90 Å². The van der Waals surface area contributed by atoms with Crippen LogP contribution in [0.5, 0.6) is 5.75 Å². The third kappa shape index (κ3) is 3.74. The van der Waals surface area contributed by atoms with E-state index >= 15 is 0 Å². The minimum atomic E-state index is -0.242. The highest BCUT2D eigenvalue weighted by molar-refractivity contribution is 5.54. The van der Waals surface area contributed by atoms with Gasteiger partial charge in [-0.15, -0.1) is 0 Å². The summed E-state index contributed by atoms with van der Waals surface area (Å²) in [6, 6.07) is 13.0. The zero-order chi connectivity index (χ0) is 16.2. The van der Waals surface area contributed by atoms with Gasteiger partial charge in [0.15, 0.2) is 0 Å². The summed E-state index contributed by atoms with van der Waals surface area (Å²) in [4.78, 5) is 4.47. The molecule has 3 rings (SSSR count). The van der Waals surface area contributed by atoms with Crippen molar-refractivity contribution < 1.29 is 9.13 Å². The summed E-state index contributed by atoms with van der Waals surface area (Å²) in [5.41, 5.74) is 7.98. The van der Waals surface area contributed by atoms with Gasteiger partial charge in [0, 0.05) is 38.4 Å². The Morgan fingerprint density at radius 3 is 2.35 bits per heavy atom. The van der Waals surface area contributed by atoms with Crippen LogP contribution in [0.2, 0.25) is 0 Å². The quantitative estimate of drug-likeness (QED) is 0.881. The molecule has 0 saturated carbocycles. The fourth-order valence-electron chi connectivity index (χ4n) is 2.92. The number of methoxy groups -OCH3 is 1. The van der Waals surface area contributed by atoms with Gasteiger partial charge in [-0.3, -0.25) is 4.90 Å². The van der Waals surface area contributed by atoms with E-state index in [9.17, 15) is 4.39 Å². The topological polar surface area (TPSA) is 41.7 Å². The molecule has 0 aliphatic carbocycles. The van der Waals surface area contributed by atoms with E-state index in [1.807, 2.05) is 12.1 Å². The third-order valence-electron chi connectivity index (χ3n) is 4.25. The van der Waals surface area contributed by atoms with Crippen LogP contribution in [0.3, 0.4) is 0 Å². The molecule has 2 N–H and O–H groups in total. The van der Waals surface area contributed by atoms with E-state index in [2.05, 4.69) is 21.9 Å². The van der Waals surface area contributed by atoms with Crippen molar-refractivity contribution >= 4 is 11.4 Å². The molecule has 2 aromatic carbocycles. The molecule has 2 aromatic rings. The number of rotatable bonds is 4. The van der Waals surface area contributed by atoms with Crippen LogP contribution in [-0.4, -0.2) is 38.2 Å². The summed E-state index contributed by atoms with van der Waals surface area (Å²) in [6.07, 6.45) is 0. The van der Waals surface area contributed by atoms with E-state index in [4.69, 9.17) is 10.5 Å². The molecule has 1 aliphatic rings. The van der Waals surface area contributed by atoms with Crippen molar-refractivity contribution in [3.05, 3.63) is 53.8 Å². The maximum absolute atomic E-state index is 14.0. The molecule has 0 unspecified atom stereocenters. The highest BCUT2D eigenvalue weighted by Crippen LogP contribution is 2.23. The molecular weight excluding hydrogens is 293 g/mol. The van der Waals surface area contributed by atoms with Gasteiger partial charge in [0.25, 0.3) is 0 Å². The number of nitrogen functional groups attached to an aromatic ring is 1. The van der Waals surface area contributed by atoms with E-state index in [-0.39, 0.29) is 5.82 Å². The third-order valence-corrected chi connectivity index (χ3v) is 4.25. The lowest BCUT2D eigenvalue weighted by molar-refractivity contribution is 0.249. The molecule has 1 aliphatic heterocycles. The first-order chi connectivity index (χ1) is 11.2. The Hall–Kier alpha value is -2.27. The van der Waals surface area contributed by atoms with Crippen LogP contribution in [-0.2, 0) is 6.54 Å². The lowest BCUT2D eigenvalue weighted by atomic mass is 10.1. The van der Waals surface area contributed by atoms with Gasteiger partial charge in [0.2, 0.25) is 0 Å². The summed E-state index contributed by atoms with van der Waals surface area (Å²) >= 11 is 0. The number of hydrogen-bond donors (Lipinski definition) is 1. The van der Waals surface area contributed by atoms with Crippen molar-refractivity contribution in [2.24, 2.45) is 0 Å². The average Bonchev–Trinajstić information content (AvgIpc) is 2.57. The molecule has 4 nitrogen and oxygen atoms in total. The van der Waals surface area contributed by atoms with Crippen LogP contribution in [0.25, 0.3) is 0 Å². The number of nitrogens with zero attached hydrogens (tertiary/aromatic N) is 2. The van der Waals surface area contributed by atoms with E-state index in [0.29, 0.717) is 11.4 Å². The highest BCUT2D eigenvalue weighted by atomic mass is 19.1. The zero-order valence-electron chi connectivity index (χ0n) is 13.3. The van der Waals surface area contributed by atoms with Gasteiger partial charge < -0.3 is 15.4 Å². The van der Waals surface area contributed by atoms with Crippen molar-refractivity contribution in [2.75, 3.05) is 43.9 Å². The highest BCUT2D eigenvalue weighted by Gasteiger charge is 2.19. The summed E-state index contributed by atoms with van der Waals surface area (Å²) in [5.74, 6) is 0.631. The van der Waals surface area contributed by atoms with Gasteiger partial charge in [-0.1, -0.05) is 12.1 Å². The summed E-state index contributed by atoms with van der Waals surface area (Å²) < 4.78 is 19.2. The minimum Gasteiger partial charge on any atom is -0.497 e. The van der Waals surface area contributed by atoms with Crippen LogP contribution in [0.4, 0.5) is 15.8 Å². The Morgan fingerprint density at radius 1 is 1.04 bits per heavy atom. The Bertz CT molecular complexity index is 652. The first-order valence-electron chi connectivity index (χ1n) is 7.81. The Balaban J connectivity index is 1.57. The summed E-state index contributed by atoms with van der Waals surface area (Å²) in [6.45, 7) is 4.36. The van der Waals surface area contributed by atoms with Crippen LogP contribution in [0, 0.1) is 5.82 Å². The Kier molecular flexibility index (Phi) is 4.67. The SMILES string of the molecule is COc1ccc(CN2CCN(c3ccc(N)cc3F)CC2)cc1. The van der Waals surface area contributed by atoms with Crippen molar-refractivity contribution in [1.29, 1.82) is 0 Å². The zero-order valence-corrected chi connectivity index (χ0v) is 13.3. The normalized spacial score (nSPS) is 15.7.